The zero-order chi connectivity index (χ0) is 41.1. The first-order valence-electron chi connectivity index (χ1n) is 20.0. The van der Waals surface area contributed by atoms with E-state index in [2.05, 4.69) is 179 Å². The molecule has 294 valence electrons. The highest BCUT2D eigenvalue weighted by Crippen LogP contribution is 2.45. The zero-order valence-corrected chi connectivity index (χ0v) is 37.2. The predicted octanol–water partition coefficient (Wildman–Crippen LogP) is 13.4. The van der Waals surface area contributed by atoms with Gasteiger partial charge in [-0.25, -0.2) is 0 Å². The van der Waals surface area contributed by atoms with Crippen LogP contribution in [0, 0.1) is 0 Å². The van der Waals surface area contributed by atoms with Crippen LogP contribution in [0.5, 0.6) is 17.2 Å². The van der Waals surface area contributed by atoms with Gasteiger partial charge in [-0.15, -0.1) is 0 Å². The monoisotopic (exact) mass is 733 g/mol. The Balaban J connectivity index is 1.98. The molecule has 4 aromatic rings. The molecule has 0 unspecified atom stereocenters. The summed E-state index contributed by atoms with van der Waals surface area (Å²) < 4.78 is 0. The van der Waals surface area contributed by atoms with Gasteiger partial charge in [0, 0.05) is 16.7 Å². The number of benzene rings is 4. The first kappa shape index (κ1) is 43.0. The van der Waals surface area contributed by atoms with E-state index in [9.17, 15) is 15.3 Å². The van der Waals surface area contributed by atoms with Crippen molar-refractivity contribution in [3.63, 3.8) is 0 Å². The Hall–Kier alpha value is -3.72. The summed E-state index contributed by atoms with van der Waals surface area (Å²) >= 11 is 0. The fourth-order valence-corrected chi connectivity index (χ4v) is 8.47. The molecule has 3 heteroatoms. The van der Waals surface area contributed by atoms with Gasteiger partial charge in [-0.3, -0.25) is 0 Å². The van der Waals surface area contributed by atoms with Crippen LogP contribution in [0.1, 0.15) is 191 Å². The second kappa shape index (κ2) is 14.4. The lowest BCUT2D eigenvalue weighted by molar-refractivity contribution is 0.420. The fourth-order valence-electron chi connectivity index (χ4n) is 8.47. The van der Waals surface area contributed by atoms with Gasteiger partial charge in [0.05, 0.1) is 0 Å². The van der Waals surface area contributed by atoms with E-state index in [-0.39, 0.29) is 32.5 Å². The van der Waals surface area contributed by atoms with E-state index < -0.39 is 0 Å². The van der Waals surface area contributed by atoms with Crippen LogP contribution in [0.2, 0.25) is 0 Å². The molecule has 54 heavy (non-hydrogen) atoms. The Morgan fingerprint density at radius 1 is 0.315 bits per heavy atom. The molecule has 0 atom stereocenters. The smallest absolute Gasteiger partial charge is 0.123 e. The number of phenols is 3. The molecule has 0 aliphatic heterocycles. The highest BCUT2D eigenvalue weighted by atomic mass is 16.3. The van der Waals surface area contributed by atoms with Gasteiger partial charge >= 0.3 is 0 Å². The number of phenolic OH excluding ortho intramolecular Hbond substituents is 3. The van der Waals surface area contributed by atoms with Gasteiger partial charge in [0.2, 0.25) is 0 Å². The third kappa shape index (κ3) is 9.38. The summed E-state index contributed by atoms with van der Waals surface area (Å²) in [5.41, 5.74) is 11.5. The molecule has 0 spiro atoms. The topological polar surface area (TPSA) is 60.7 Å². The highest BCUT2D eigenvalue weighted by molar-refractivity contribution is 5.56. The van der Waals surface area contributed by atoms with Crippen LogP contribution in [0.15, 0.2) is 54.6 Å². The van der Waals surface area contributed by atoms with Crippen LogP contribution in [-0.2, 0) is 51.8 Å². The van der Waals surface area contributed by atoms with E-state index in [0.29, 0.717) is 36.5 Å². The molecule has 0 saturated heterocycles. The summed E-state index contributed by atoms with van der Waals surface area (Å²) in [6.07, 6.45) is 2.02. The lowest BCUT2D eigenvalue weighted by Crippen LogP contribution is -2.20. The molecular weight excluding hydrogens is 661 g/mol. The Bertz CT molecular complexity index is 1760. The minimum absolute atomic E-state index is 0.187. The van der Waals surface area contributed by atoms with E-state index in [1.807, 2.05) is 0 Å². The second-order valence-corrected chi connectivity index (χ2v) is 22.2. The summed E-state index contributed by atoms with van der Waals surface area (Å²) in [6, 6.07) is 19.9. The average Bonchev–Trinajstić information content (AvgIpc) is 2.93. The molecule has 0 aromatic heterocycles. The van der Waals surface area contributed by atoms with Crippen molar-refractivity contribution in [2.24, 2.45) is 0 Å². The first-order chi connectivity index (χ1) is 24.3. The molecule has 0 saturated carbocycles. The summed E-state index contributed by atoms with van der Waals surface area (Å²) in [5.74, 6) is 1.20. The molecule has 4 rings (SSSR count). The number of hydrogen-bond donors (Lipinski definition) is 3. The Labute approximate surface area is 329 Å². The van der Waals surface area contributed by atoms with Gasteiger partial charge in [-0.05, 0) is 102 Å². The van der Waals surface area contributed by atoms with E-state index in [1.165, 1.54) is 16.7 Å². The Morgan fingerprint density at radius 3 is 0.685 bits per heavy atom. The number of rotatable bonds is 6. The van der Waals surface area contributed by atoms with Crippen LogP contribution in [0.25, 0.3) is 0 Å². The average molecular weight is 733 g/mol. The molecule has 0 amide bonds. The maximum absolute atomic E-state index is 11.8. The van der Waals surface area contributed by atoms with Crippen LogP contribution >= 0.6 is 0 Å². The Morgan fingerprint density at radius 2 is 0.519 bits per heavy atom. The van der Waals surface area contributed by atoms with Crippen molar-refractivity contribution in [1.82, 2.24) is 0 Å². The highest BCUT2D eigenvalue weighted by Gasteiger charge is 2.31. The van der Waals surface area contributed by atoms with Crippen molar-refractivity contribution >= 4 is 0 Å². The predicted molar refractivity (Wildman–Crippen MR) is 231 cm³/mol. The van der Waals surface area contributed by atoms with Crippen molar-refractivity contribution < 1.29 is 15.3 Å². The molecule has 0 aliphatic rings. The maximum atomic E-state index is 11.8. The molecule has 3 N–H and O–H groups in total. The van der Waals surface area contributed by atoms with Crippen LogP contribution in [0.3, 0.4) is 0 Å². The molecule has 0 fully saturated rings. The summed E-state index contributed by atoms with van der Waals surface area (Å²) in [6.45, 7) is 39.0. The van der Waals surface area contributed by atoms with E-state index in [0.717, 1.165) is 50.1 Å². The lowest BCUT2D eigenvalue weighted by Gasteiger charge is -2.30. The van der Waals surface area contributed by atoms with Crippen LogP contribution < -0.4 is 0 Å². The quantitative estimate of drug-likeness (QED) is 0.185. The first-order valence-corrected chi connectivity index (χ1v) is 20.0. The van der Waals surface area contributed by atoms with Crippen molar-refractivity contribution in [3.8, 4) is 17.2 Å². The number of hydrogen-bond acceptors (Lipinski definition) is 3. The second-order valence-electron chi connectivity index (χ2n) is 22.2. The zero-order valence-electron chi connectivity index (χ0n) is 37.2. The standard InChI is InChI=1S/C51H72O3/c1-46(2,3)37-22-19-34(40(43(37)52)49(10,11)12)28-31-25-32(29-35-20-23-38(47(4,5)6)44(53)41(35)50(13,14)15)27-33(26-31)30-36-21-24-39(48(7,8)9)45(54)42(36)51(16,17)18/h19-27,52-54H,28-30H2,1-18H3. The van der Waals surface area contributed by atoms with Crippen molar-refractivity contribution in [3.05, 3.63) is 121 Å². The SMILES string of the molecule is CC(C)(C)c1ccc(Cc2cc(Cc3ccc(C(C)(C)C)c(O)c3C(C)(C)C)cc(Cc3ccc(C(C)(C)C)c(O)c3C(C)(C)C)c2)c(C(C)(C)C)c1O. The Kier molecular flexibility index (Phi) is 11.5. The van der Waals surface area contributed by atoms with E-state index in [1.54, 1.807) is 0 Å². The third-order valence-electron chi connectivity index (χ3n) is 10.8. The van der Waals surface area contributed by atoms with Gasteiger partial charge in [-0.1, -0.05) is 179 Å². The molecule has 4 aromatic carbocycles. The molecule has 0 bridgehead atoms. The summed E-state index contributed by atoms with van der Waals surface area (Å²) in [4.78, 5) is 0. The molecule has 0 heterocycles. The van der Waals surface area contributed by atoms with Gasteiger partial charge < -0.3 is 15.3 Å². The van der Waals surface area contributed by atoms with Crippen LogP contribution in [0.4, 0.5) is 0 Å². The third-order valence-corrected chi connectivity index (χ3v) is 10.8. The van der Waals surface area contributed by atoms with Gasteiger partial charge in [-0.2, -0.15) is 0 Å². The minimum Gasteiger partial charge on any atom is -0.507 e. The summed E-state index contributed by atoms with van der Waals surface area (Å²) in [5, 5.41) is 35.4. The van der Waals surface area contributed by atoms with Gasteiger partial charge in [0.15, 0.2) is 0 Å². The fraction of sp³-hybridized carbons (Fsp3) is 0.529. The van der Waals surface area contributed by atoms with Crippen molar-refractivity contribution in [1.29, 1.82) is 0 Å². The molecule has 3 nitrogen and oxygen atoms in total. The van der Waals surface area contributed by atoms with E-state index in [4.69, 9.17) is 0 Å². The van der Waals surface area contributed by atoms with Gasteiger partial charge in [0.25, 0.3) is 0 Å². The normalized spacial score (nSPS) is 13.4. The largest absolute Gasteiger partial charge is 0.507 e. The maximum Gasteiger partial charge on any atom is 0.123 e. The lowest BCUT2D eigenvalue weighted by atomic mass is 9.75. The van der Waals surface area contributed by atoms with Crippen molar-refractivity contribution in [2.45, 2.75) is 176 Å². The number of aromatic hydroxyl groups is 3. The minimum atomic E-state index is -0.261. The van der Waals surface area contributed by atoms with Crippen LogP contribution in [-0.4, -0.2) is 15.3 Å². The summed E-state index contributed by atoms with van der Waals surface area (Å²) in [7, 11) is 0. The molecule has 0 aliphatic carbocycles. The van der Waals surface area contributed by atoms with Crippen molar-refractivity contribution in [2.75, 3.05) is 0 Å². The van der Waals surface area contributed by atoms with Gasteiger partial charge in [0.1, 0.15) is 17.2 Å². The van der Waals surface area contributed by atoms with E-state index >= 15 is 0 Å². The molecular formula is C51H72O3. The molecule has 0 radical (unpaired) electrons.